The Morgan fingerprint density at radius 2 is 1.84 bits per heavy atom. The molecule has 1 aromatic heterocycles. The predicted octanol–water partition coefficient (Wildman–Crippen LogP) is 3.82. The van der Waals surface area contributed by atoms with Crippen molar-refractivity contribution in [2.24, 2.45) is 11.7 Å². The van der Waals surface area contributed by atoms with Gasteiger partial charge in [-0.3, -0.25) is 10.1 Å². The number of nitrogens with one attached hydrogen (secondary N) is 3. The molecule has 9 nitrogen and oxygen atoms in total. The Morgan fingerprint density at radius 3 is 2.50 bits per heavy atom. The van der Waals surface area contributed by atoms with Gasteiger partial charge in [0.25, 0.3) is 0 Å². The molecular formula is C23H35N7O2. The van der Waals surface area contributed by atoms with Crippen molar-refractivity contribution in [2.45, 2.75) is 58.0 Å². The molecular weight excluding hydrogens is 406 g/mol. The standard InChI is InChI=1S/C19H26N6O2.C4H9N/c20-10-15-7-4-8-16(9-15)12-22-19-23-13-17(25(26)27)18(24-19)21-11-14-5-2-1-3-6-14;1-2-4-5-3-1/h4,7-9,13-14H,1-3,5-6,10-12,20H2,(H2,21,22,23,24);5H,1-4H2. The van der Waals surface area contributed by atoms with Crippen molar-refractivity contribution in [2.75, 3.05) is 30.3 Å². The van der Waals surface area contributed by atoms with Crippen LogP contribution < -0.4 is 21.7 Å². The Morgan fingerprint density at radius 1 is 1.09 bits per heavy atom. The average Bonchev–Trinajstić information content (AvgIpc) is 3.42. The first kappa shape index (κ1) is 23.9. The van der Waals surface area contributed by atoms with Crippen molar-refractivity contribution in [1.29, 1.82) is 0 Å². The summed E-state index contributed by atoms with van der Waals surface area (Å²) in [7, 11) is 0. The number of nitrogens with two attached hydrogens (primary N) is 1. The van der Waals surface area contributed by atoms with E-state index in [-0.39, 0.29) is 11.5 Å². The number of rotatable bonds is 8. The van der Waals surface area contributed by atoms with Crippen LogP contribution in [0.4, 0.5) is 17.5 Å². The fourth-order valence-corrected chi connectivity index (χ4v) is 4.03. The summed E-state index contributed by atoms with van der Waals surface area (Å²) in [6.07, 6.45) is 10.1. The first-order valence-corrected chi connectivity index (χ1v) is 11.6. The van der Waals surface area contributed by atoms with Crippen molar-refractivity contribution in [1.82, 2.24) is 15.3 Å². The lowest BCUT2D eigenvalue weighted by Crippen LogP contribution is -2.19. The van der Waals surface area contributed by atoms with E-state index in [2.05, 4.69) is 25.9 Å². The molecule has 5 N–H and O–H groups in total. The molecule has 2 aliphatic rings. The first-order valence-electron chi connectivity index (χ1n) is 11.6. The molecule has 0 spiro atoms. The van der Waals surface area contributed by atoms with Gasteiger partial charge in [0.2, 0.25) is 11.8 Å². The average molecular weight is 442 g/mol. The number of anilines is 2. The number of nitrogens with zero attached hydrogens (tertiary/aromatic N) is 3. The largest absolute Gasteiger partial charge is 0.364 e. The van der Waals surface area contributed by atoms with E-state index in [0.717, 1.165) is 24.0 Å². The maximum Gasteiger partial charge on any atom is 0.329 e. The highest BCUT2D eigenvalue weighted by molar-refractivity contribution is 5.57. The third kappa shape index (κ3) is 7.72. The quantitative estimate of drug-likeness (QED) is 0.359. The monoisotopic (exact) mass is 441 g/mol. The minimum Gasteiger partial charge on any atom is -0.364 e. The molecule has 1 aliphatic heterocycles. The number of nitro groups is 1. The third-order valence-corrected chi connectivity index (χ3v) is 5.88. The zero-order chi connectivity index (χ0) is 22.6. The molecule has 0 radical (unpaired) electrons. The Balaban J connectivity index is 0.000000509. The number of benzene rings is 1. The van der Waals surface area contributed by atoms with Gasteiger partial charge in [-0.05, 0) is 55.8 Å². The van der Waals surface area contributed by atoms with Gasteiger partial charge >= 0.3 is 5.69 Å². The summed E-state index contributed by atoms with van der Waals surface area (Å²) in [4.78, 5) is 19.3. The zero-order valence-corrected chi connectivity index (χ0v) is 18.7. The van der Waals surface area contributed by atoms with E-state index in [4.69, 9.17) is 5.73 Å². The van der Waals surface area contributed by atoms with E-state index >= 15 is 0 Å². The smallest absolute Gasteiger partial charge is 0.329 e. The van der Waals surface area contributed by atoms with Crippen LogP contribution in [0.2, 0.25) is 0 Å². The minimum atomic E-state index is -0.447. The molecule has 0 unspecified atom stereocenters. The highest BCUT2D eigenvalue weighted by Gasteiger charge is 2.19. The lowest BCUT2D eigenvalue weighted by molar-refractivity contribution is -0.384. The van der Waals surface area contributed by atoms with Crippen LogP contribution in [0.15, 0.2) is 30.5 Å². The molecule has 1 aliphatic carbocycles. The van der Waals surface area contributed by atoms with E-state index < -0.39 is 4.92 Å². The van der Waals surface area contributed by atoms with Crippen molar-refractivity contribution in [3.63, 3.8) is 0 Å². The molecule has 0 atom stereocenters. The molecule has 4 rings (SSSR count). The zero-order valence-electron chi connectivity index (χ0n) is 18.7. The van der Waals surface area contributed by atoms with Gasteiger partial charge in [-0.1, -0.05) is 43.5 Å². The van der Waals surface area contributed by atoms with Crippen LogP contribution in [0.1, 0.15) is 56.1 Å². The first-order chi connectivity index (χ1) is 15.7. The second-order valence-corrected chi connectivity index (χ2v) is 8.40. The van der Waals surface area contributed by atoms with Gasteiger partial charge in [0.1, 0.15) is 6.20 Å². The molecule has 2 fully saturated rings. The highest BCUT2D eigenvalue weighted by Crippen LogP contribution is 2.26. The Hall–Kier alpha value is -2.78. The van der Waals surface area contributed by atoms with Crippen LogP contribution in [0.5, 0.6) is 0 Å². The fourth-order valence-electron chi connectivity index (χ4n) is 4.03. The van der Waals surface area contributed by atoms with E-state index in [0.29, 0.717) is 31.5 Å². The molecule has 1 saturated carbocycles. The molecule has 32 heavy (non-hydrogen) atoms. The van der Waals surface area contributed by atoms with Crippen LogP contribution in [0.25, 0.3) is 0 Å². The second-order valence-electron chi connectivity index (χ2n) is 8.40. The normalized spacial score (nSPS) is 16.2. The lowest BCUT2D eigenvalue weighted by atomic mass is 9.89. The molecule has 1 aromatic carbocycles. The summed E-state index contributed by atoms with van der Waals surface area (Å²) in [6.45, 7) is 4.21. The van der Waals surface area contributed by atoms with Crippen LogP contribution >= 0.6 is 0 Å². The summed E-state index contributed by atoms with van der Waals surface area (Å²) >= 11 is 0. The highest BCUT2D eigenvalue weighted by atomic mass is 16.6. The van der Waals surface area contributed by atoms with Gasteiger partial charge in [-0.25, -0.2) is 4.98 Å². The molecule has 9 heteroatoms. The summed E-state index contributed by atoms with van der Waals surface area (Å²) in [5.74, 6) is 1.19. The summed E-state index contributed by atoms with van der Waals surface area (Å²) in [6, 6.07) is 7.92. The number of hydrogen-bond donors (Lipinski definition) is 4. The van der Waals surface area contributed by atoms with Crippen molar-refractivity contribution in [3.8, 4) is 0 Å². The lowest BCUT2D eigenvalue weighted by Gasteiger charge is -2.21. The molecule has 0 bridgehead atoms. The van der Waals surface area contributed by atoms with Gasteiger partial charge in [0.15, 0.2) is 0 Å². The fraction of sp³-hybridized carbons (Fsp3) is 0.565. The second kappa shape index (κ2) is 12.9. The minimum absolute atomic E-state index is 0.0958. The maximum atomic E-state index is 11.3. The summed E-state index contributed by atoms with van der Waals surface area (Å²) in [5.41, 5.74) is 7.67. The molecule has 1 saturated heterocycles. The number of aromatic nitrogens is 2. The van der Waals surface area contributed by atoms with Crippen LogP contribution in [-0.2, 0) is 13.1 Å². The summed E-state index contributed by atoms with van der Waals surface area (Å²) in [5, 5.41) is 20.8. The van der Waals surface area contributed by atoms with Crippen molar-refractivity contribution in [3.05, 3.63) is 51.7 Å². The van der Waals surface area contributed by atoms with E-state index in [9.17, 15) is 10.1 Å². The van der Waals surface area contributed by atoms with E-state index in [1.165, 1.54) is 51.4 Å². The maximum absolute atomic E-state index is 11.3. The Labute approximate surface area is 189 Å². The molecule has 2 heterocycles. The van der Waals surface area contributed by atoms with Gasteiger partial charge in [-0.15, -0.1) is 0 Å². The number of hydrogen-bond acceptors (Lipinski definition) is 8. The van der Waals surface area contributed by atoms with E-state index in [1.807, 2.05) is 24.3 Å². The van der Waals surface area contributed by atoms with Gasteiger partial charge in [0, 0.05) is 19.6 Å². The Kier molecular flexibility index (Phi) is 9.64. The molecule has 2 aromatic rings. The van der Waals surface area contributed by atoms with Crippen molar-refractivity contribution >= 4 is 17.5 Å². The predicted molar refractivity (Wildman–Crippen MR) is 128 cm³/mol. The summed E-state index contributed by atoms with van der Waals surface area (Å²) < 4.78 is 0. The van der Waals surface area contributed by atoms with Crippen molar-refractivity contribution < 1.29 is 4.92 Å². The van der Waals surface area contributed by atoms with E-state index in [1.54, 1.807) is 0 Å². The van der Waals surface area contributed by atoms with Gasteiger partial charge in [0.05, 0.1) is 4.92 Å². The van der Waals surface area contributed by atoms with Crippen LogP contribution in [0.3, 0.4) is 0 Å². The van der Waals surface area contributed by atoms with Gasteiger partial charge in [-0.2, -0.15) is 4.98 Å². The third-order valence-electron chi connectivity index (χ3n) is 5.88. The van der Waals surface area contributed by atoms with Crippen LogP contribution in [-0.4, -0.2) is 34.5 Å². The SMILES string of the molecule is C1CCNC1.NCc1cccc(CNc2ncc([N+](=O)[O-])c(NCC3CCCCC3)n2)c1. The Bertz CT molecular complexity index is 844. The molecule has 0 amide bonds. The van der Waals surface area contributed by atoms with Gasteiger partial charge < -0.3 is 21.7 Å². The van der Waals surface area contributed by atoms with Crippen LogP contribution in [0, 0.1) is 16.0 Å². The molecule has 174 valence electrons. The topological polar surface area (TPSA) is 131 Å².